The molecule has 3 nitrogen and oxygen atoms in total. The molecule has 0 bridgehead atoms. The van der Waals surface area contributed by atoms with Gasteiger partial charge in [0.25, 0.3) is 0 Å². The molecule has 0 unspecified atom stereocenters. The van der Waals surface area contributed by atoms with E-state index in [4.69, 9.17) is 10.5 Å². The first-order valence-electron chi connectivity index (χ1n) is 4.16. The van der Waals surface area contributed by atoms with Gasteiger partial charge in [0, 0.05) is 18.6 Å². The van der Waals surface area contributed by atoms with Crippen LogP contribution < -0.4 is 0 Å². The maximum atomic E-state index is 8.90. The lowest BCUT2D eigenvalue weighted by Crippen LogP contribution is -1.89. The molecular weight excluding hydrogens is 174 g/mol. The van der Waals surface area contributed by atoms with Crippen molar-refractivity contribution in [3.05, 3.63) is 35.5 Å². The zero-order valence-electron chi connectivity index (χ0n) is 7.65. The normalized spacial score (nSPS) is 9.64. The van der Waals surface area contributed by atoms with Crippen LogP contribution in [0.5, 0.6) is 0 Å². The van der Waals surface area contributed by atoms with Crippen LogP contribution in [0.25, 0.3) is 10.9 Å². The molecule has 0 saturated carbocycles. The lowest BCUT2D eigenvalue weighted by Gasteiger charge is -1.99. The summed E-state index contributed by atoms with van der Waals surface area (Å²) in [6.45, 7) is 0. The van der Waals surface area contributed by atoms with E-state index in [-0.39, 0.29) is 0 Å². The predicted molar refractivity (Wildman–Crippen MR) is 52.3 cm³/mol. The van der Waals surface area contributed by atoms with Crippen molar-refractivity contribution in [3.63, 3.8) is 0 Å². The van der Waals surface area contributed by atoms with Crippen molar-refractivity contribution in [2.24, 2.45) is 7.05 Å². The number of nitrogens with zero attached hydrogens (tertiary/aromatic N) is 3. The minimum atomic E-state index is 0.603. The Hall–Kier alpha value is -2.26. The monoisotopic (exact) mass is 181 g/mol. The highest BCUT2D eigenvalue weighted by molar-refractivity contribution is 5.90. The zero-order valence-corrected chi connectivity index (χ0v) is 7.65. The molecule has 3 heteroatoms. The van der Waals surface area contributed by atoms with Gasteiger partial charge >= 0.3 is 0 Å². The molecule has 0 aliphatic rings. The van der Waals surface area contributed by atoms with Gasteiger partial charge in [0.05, 0.1) is 22.7 Å². The first-order valence-corrected chi connectivity index (χ1v) is 4.16. The first kappa shape index (κ1) is 8.34. The Morgan fingerprint density at radius 1 is 1.07 bits per heavy atom. The summed E-state index contributed by atoms with van der Waals surface area (Å²) in [7, 11) is 1.87. The number of benzene rings is 1. The summed E-state index contributed by atoms with van der Waals surface area (Å²) in [4.78, 5) is 0. The second-order valence-corrected chi connectivity index (χ2v) is 3.07. The molecule has 1 aromatic carbocycles. The number of nitriles is 2. The van der Waals surface area contributed by atoms with Crippen molar-refractivity contribution >= 4 is 10.9 Å². The predicted octanol–water partition coefficient (Wildman–Crippen LogP) is 1.92. The van der Waals surface area contributed by atoms with Gasteiger partial charge in [-0.3, -0.25) is 0 Å². The molecule has 0 aliphatic heterocycles. The third-order valence-corrected chi connectivity index (χ3v) is 2.28. The molecule has 1 aromatic heterocycles. The highest BCUT2D eigenvalue weighted by atomic mass is 14.9. The number of fused-ring (bicyclic) bond motifs is 1. The standard InChI is InChI=1S/C11H7N3/c1-14-5-4-10-8(6-12)2-3-9(7-13)11(10)14/h2-5H,1H3. The molecule has 2 aromatic rings. The van der Waals surface area contributed by atoms with Crippen molar-refractivity contribution < 1.29 is 0 Å². The van der Waals surface area contributed by atoms with E-state index in [1.807, 2.05) is 23.9 Å². The van der Waals surface area contributed by atoms with E-state index in [9.17, 15) is 0 Å². The highest BCUT2D eigenvalue weighted by Crippen LogP contribution is 2.22. The summed E-state index contributed by atoms with van der Waals surface area (Å²) in [6.07, 6.45) is 1.85. The Morgan fingerprint density at radius 2 is 1.71 bits per heavy atom. The van der Waals surface area contributed by atoms with Crippen molar-refractivity contribution in [2.45, 2.75) is 0 Å². The van der Waals surface area contributed by atoms with Gasteiger partial charge in [-0.15, -0.1) is 0 Å². The molecular formula is C11H7N3. The maximum Gasteiger partial charge on any atom is 0.101 e. The van der Waals surface area contributed by atoms with Gasteiger partial charge in [-0.05, 0) is 18.2 Å². The fraction of sp³-hybridized carbons (Fsp3) is 0.0909. The van der Waals surface area contributed by atoms with Gasteiger partial charge in [0.1, 0.15) is 6.07 Å². The minimum Gasteiger partial charge on any atom is -0.349 e. The minimum absolute atomic E-state index is 0.603. The largest absolute Gasteiger partial charge is 0.349 e. The van der Waals surface area contributed by atoms with E-state index < -0.39 is 0 Å². The molecule has 1 heterocycles. The molecule has 0 aliphatic carbocycles. The van der Waals surface area contributed by atoms with Crippen LogP contribution in [0, 0.1) is 22.7 Å². The Morgan fingerprint density at radius 3 is 2.36 bits per heavy atom. The van der Waals surface area contributed by atoms with Crippen LogP contribution in [0.15, 0.2) is 24.4 Å². The topological polar surface area (TPSA) is 52.5 Å². The average Bonchev–Trinajstić information content (AvgIpc) is 2.60. The Kier molecular flexibility index (Phi) is 1.73. The van der Waals surface area contributed by atoms with E-state index in [0.717, 1.165) is 10.9 Å². The molecule has 0 N–H and O–H groups in total. The number of hydrogen-bond acceptors (Lipinski definition) is 2. The molecule has 0 fully saturated rings. The quantitative estimate of drug-likeness (QED) is 0.623. The number of aromatic nitrogens is 1. The second kappa shape index (κ2) is 2.90. The van der Waals surface area contributed by atoms with Crippen molar-refractivity contribution in [1.82, 2.24) is 4.57 Å². The smallest absolute Gasteiger partial charge is 0.101 e. The molecule has 0 saturated heterocycles. The Labute approximate surface area is 81.4 Å². The fourth-order valence-corrected chi connectivity index (χ4v) is 1.61. The van der Waals surface area contributed by atoms with Crippen LogP contribution in [0.1, 0.15) is 11.1 Å². The number of rotatable bonds is 0. The van der Waals surface area contributed by atoms with E-state index >= 15 is 0 Å². The summed E-state index contributed by atoms with van der Waals surface area (Å²) in [5.74, 6) is 0. The van der Waals surface area contributed by atoms with Gasteiger partial charge in [0.15, 0.2) is 0 Å². The fourth-order valence-electron chi connectivity index (χ4n) is 1.61. The van der Waals surface area contributed by atoms with Gasteiger partial charge < -0.3 is 4.57 Å². The molecule has 0 radical (unpaired) electrons. The summed E-state index contributed by atoms with van der Waals surface area (Å²) >= 11 is 0. The first-order chi connectivity index (χ1) is 6.77. The molecule has 0 amide bonds. The third-order valence-electron chi connectivity index (χ3n) is 2.28. The summed E-state index contributed by atoms with van der Waals surface area (Å²) < 4.78 is 1.86. The van der Waals surface area contributed by atoms with Crippen LogP contribution in [0.2, 0.25) is 0 Å². The molecule has 0 spiro atoms. The van der Waals surface area contributed by atoms with Crippen LogP contribution in [-0.4, -0.2) is 4.57 Å². The van der Waals surface area contributed by atoms with E-state index in [1.54, 1.807) is 12.1 Å². The van der Waals surface area contributed by atoms with Crippen LogP contribution in [-0.2, 0) is 7.05 Å². The van der Waals surface area contributed by atoms with E-state index in [2.05, 4.69) is 12.1 Å². The summed E-state index contributed by atoms with van der Waals surface area (Å²) in [5.41, 5.74) is 2.04. The van der Waals surface area contributed by atoms with E-state index in [1.165, 1.54) is 0 Å². The van der Waals surface area contributed by atoms with Gasteiger partial charge in [-0.1, -0.05) is 0 Å². The maximum absolute atomic E-state index is 8.90. The third kappa shape index (κ3) is 0.967. The lowest BCUT2D eigenvalue weighted by molar-refractivity contribution is 0.967. The van der Waals surface area contributed by atoms with Gasteiger partial charge in [0.2, 0.25) is 0 Å². The number of aryl methyl sites for hydroxylation is 1. The van der Waals surface area contributed by atoms with Gasteiger partial charge in [-0.2, -0.15) is 10.5 Å². The van der Waals surface area contributed by atoms with Gasteiger partial charge in [-0.25, -0.2) is 0 Å². The molecule has 14 heavy (non-hydrogen) atoms. The summed E-state index contributed by atoms with van der Waals surface area (Å²) in [5, 5.41) is 18.6. The van der Waals surface area contributed by atoms with Crippen molar-refractivity contribution in [2.75, 3.05) is 0 Å². The molecule has 2 rings (SSSR count). The average molecular weight is 181 g/mol. The Balaban J connectivity index is 2.99. The SMILES string of the molecule is Cn1ccc2c(C#N)ccc(C#N)c21. The van der Waals surface area contributed by atoms with Crippen LogP contribution in [0.4, 0.5) is 0 Å². The van der Waals surface area contributed by atoms with Crippen LogP contribution >= 0.6 is 0 Å². The lowest BCUT2D eigenvalue weighted by atomic mass is 10.1. The summed E-state index contributed by atoms with van der Waals surface area (Å²) in [6, 6.07) is 9.45. The number of hydrogen-bond donors (Lipinski definition) is 0. The second-order valence-electron chi connectivity index (χ2n) is 3.07. The van der Waals surface area contributed by atoms with E-state index in [0.29, 0.717) is 11.1 Å². The Bertz CT molecular complexity index is 579. The van der Waals surface area contributed by atoms with Crippen molar-refractivity contribution in [1.29, 1.82) is 10.5 Å². The van der Waals surface area contributed by atoms with Crippen molar-refractivity contribution in [3.8, 4) is 12.1 Å². The zero-order chi connectivity index (χ0) is 10.1. The highest BCUT2D eigenvalue weighted by Gasteiger charge is 2.07. The molecule has 0 atom stereocenters. The molecule has 66 valence electrons. The van der Waals surface area contributed by atoms with Crippen LogP contribution in [0.3, 0.4) is 0 Å².